The van der Waals surface area contributed by atoms with Crippen LogP contribution >= 0.6 is 0 Å². The molecule has 2 rings (SSSR count). The minimum atomic E-state index is -4.80. The van der Waals surface area contributed by atoms with Crippen LogP contribution in [-0.4, -0.2) is 62.1 Å². The van der Waals surface area contributed by atoms with E-state index in [9.17, 15) is 23.1 Å². The van der Waals surface area contributed by atoms with Gasteiger partial charge in [0, 0.05) is 25.1 Å². The lowest BCUT2D eigenvalue weighted by atomic mass is 10.0. The molecule has 0 saturated carbocycles. The van der Waals surface area contributed by atoms with Crippen molar-refractivity contribution in [3.8, 4) is 17.2 Å². The lowest BCUT2D eigenvalue weighted by Crippen LogP contribution is -2.48. The van der Waals surface area contributed by atoms with Gasteiger partial charge in [0.1, 0.15) is 5.75 Å². The number of ether oxygens (including phenoxy) is 3. The van der Waals surface area contributed by atoms with Gasteiger partial charge in [-0.25, -0.2) is 0 Å². The molecule has 6 nitrogen and oxygen atoms in total. The molecule has 1 fully saturated rings. The van der Waals surface area contributed by atoms with Gasteiger partial charge in [-0.3, -0.25) is 4.79 Å². The predicted molar refractivity (Wildman–Crippen MR) is 77.6 cm³/mol. The summed E-state index contributed by atoms with van der Waals surface area (Å²) in [5, 5.41) is 9.71. The topological polar surface area (TPSA) is 68.2 Å². The summed E-state index contributed by atoms with van der Waals surface area (Å²) < 4.78 is 54.0. The fourth-order valence-corrected chi connectivity index (χ4v) is 2.57. The molecular weight excluding hydrogens is 331 g/mol. The second kappa shape index (κ2) is 6.39. The van der Waals surface area contributed by atoms with Gasteiger partial charge in [0.05, 0.1) is 33.4 Å². The Morgan fingerprint density at radius 1 is 1.12 bits per heavy atom. The number of amides is 1. The SMILES string of the molecule is COc1cc(OC)c(C(=O)N2CC[C@](O)(C(F)(F)F)C2)cc1OC. The van der Waals surface area contributed by atoms with Crippen molar-refractivity contribution in [2.75, 3.05) is 34.4 Å². The Balaban J connectivity index is 2.34. The van der Waals surface area contributed by atoms with Crippen LogP contribution in [0.15, 0.2) is 12.1 Å². The molecule has 1 aromatic carbocycles. The maximum Gasteiger partial charge on any atom is 0.419 e. The standard InChI is InChI=1S/C15H18F3NO5/c1-22-10-7-12(24-3)11(23-2)6-9(10)13(20)19-5-4-14(21,8-19)15(16,17)18/h6-7,21H,4-5,8H2,1-3H3/t14-/m1/s1. The van der Waals surface area contributed by atoms with Gasteiger partial charge in [0.2, 0.25) is 0 Å². The van der Waals surface area contributed by atoms with Gasteiger partial charge < -0.3 is 24.2 Å². The second-order valence-electron chi connectivity index (χ2n) is 5.41. The summed E-state index contributed by atoms with van der Waals surface area (Å²) in [4.78, 5) is 13.5. The van der Waals surface area contributed by atoms with E-state index in [0.717, 1.165) is 4.90 Å². The number of likely N-dealkylation sites (tertiary alicyclic amines) is 1. The number of halogens is 3. The van der Waals surface area contributed by atoms with Gasteiger partial charge in [-0.2, -0.15) is 13.2 Å². The number of carbonyl (C=O) groups excluding carboxylic acids is 1. The van der Waals surface area contributed by atoms with E-state index in [2.05, 4.69) is 0 Å². The van der Waals surface area contributed by atoms with E-state index in [1.807, 2.05) is 0 Å². The molecule has 1 saturated heterocycles. The van der Waals surface area contributed by atoms with Crippen molar-refractivity contribution in [2.24, 2.45) is 0 Å². The Morgan fingerprint density at radius 2 is 1.67 bits per heavy atom. The summed E-state index contributed by atoms with van der Waals surface area (Å²) in [5.74, 6) is 0.0131. The zero-order chi connectivity index (χ0) is 18.1. The Bertz CT molecular complexity index is 634. The minimum absolute atomic E-state index is 0.0292. The van der Waals surface area contributed by atoms with Crippen molar-refractivity contribution >= 4 is 5.91 Å². The molecule has 0 radical (unpaired) electrons. The van der Waals surface area contributed by atoms with Crippen LogP contribution in [0.2, 0.25) is 0 Å². The number of hydrogen-bond donors (Lipinski definition) is 1. The normalized spacial score (nSPS) is 20.9. The molecule has 1 heterocycles. The fraction of sp³-hybridized carbons (Fsp3) is 0.533. The molecule has 1 N–H and O–H groups in total. The lowest BCUT2D eigenvalue weighted by Gasteiger charge is -2.26. The first-order valence-electron chi connectivity index (χ1n) is 7.05. The van der Waals surface area contributed by atoms with Crippen molar-refractivity contribution < 1.29 is 37.3 Å². The number of carbonyl (C=O) groups is 1. The van der Waals surface area contributed by atoms with E-state index in [4.69, 9.17) is 14.2 Å². The van der Waals surface area contributed by atoms with E-state index in [1.54, 1.807) is 0 Å². The van der Waals surface area contributed by atoms with Crippen LogP contribution in [0.25, 0.3) is 0 Å². The molecule has 24 heavy (non-hydrogen) atoms. The highest BCUT2D eigenvalue weighted by Crippen LogP contribution is 2.40. The van der Waals surface area contributed by atoms with Crippen LogP contribution in [-0.2, 0) is 0 Å². The molecule has 0 bridgehead atoms. The summed E-state index contributed by atoms with van der Waals surface area (Å²) in [5.41, 5.74) is -2.87. The molecule has 0 aliphatic carbocycles. The molecule has 1 amide bonds. The zero-order valence-corrected chi connectivity index (χ0v) is 13.4. The van der Waals surface area contributed by atoms with E-state index in [-0.39, 0.29) is 23.6 Å². The Hall–Kier alpha value is -2.16. The van der Waals surface area contributed by atoms with Crippen molar-refractivity contribution in [3.05, 3.63) is 17.7 Å². The number of nitrogens with zero attached hydrogens (tertiary/aromatic N) is 1. The maximum atomic E-state index is 12.9. The molecule has 0 aromatic heterocycles. The van der Waals surface area contributed by atoms with Crippen LogP contribution in [0.1, 0.15) is 16.8 Å². The van der Waals surface area contributed by atoms with Crippen molar-refractivity contribution in [1.29, 1.82) is 0 Å². The first-order valence-corrected chi connectivity index (χ1v) is 7.05. The summed E-state index contributed by atoms with van der Waals surface area (Å²) in [7, 11) is 4.10. The molecule has 1 aromatic rings. The minimum Gasteiger partial charge on any atom is -0.496 e. The van der Waals surface area contributed by atoms with Crippen LogP contribution in [0.4, 0.5) is 13.2 Å². The van der Waals surface area contributed by atoms with E-state index >= 15 is 0 Å². The maximum absolute atomic E-state index is 12.9. The lowest BCUT2D eigenvalue weighted by molar-refractivity contribution is -0.253. The third-order valence-electron chi connectivity index (χ3n) is 4.00. The van der Waals surface area contributed by atoms with E-state index < -0.39 is 30.7 Å². The van der Waals surface area contributed by atoms with Crippen LogP contribution in [0.5, 0.6) is 17.2 Å². The van der Waals surface area contributed by atoms with Gasteiger partial charge >= 0.3 is 6.18 Å². The quantitative estimate of drug-likeness (QED) is 0.899. The number of methoxy groups -OCH3 is 3. The molecule has 134 valence electrons. The molecule has 1 atom stereocenters. The van der Waals surface area contributed by atoms with Crippen molar-refractivity contribution in [3.63, 3.8) is 0 Å². The fourth-order valence-electron chi connectivity index (χ4n) is 2.57. The molecule has 1 aliphatic heterocycles. The Kier molecular flexibility index (Phi) is 4.84. The van der Waals surface area contributed by atoms with Gasteiger partial charge in [-0.05, 0) is 0 Å². The molecule has 9 heteroatoms. The van der Waals surface area contributed by atoms with E-state index in [1.165, 1.54) is 33.5 Å². The van der Waals surface area contributed by atoms with Crippen LogP contribution in [0, 0.1) is 0 Å². The highest BCUT2D eigenvalue weighted by molar-refractivity contribution is 5.98. The predicted octanol–water partition coefficient (Wildman–Crippen LogP) is 1.85. The van der Waals surface area contributed by atoms with Gasteiger partial charge in [0.25, 0.3) is 5.91 Å². The van der Waals surface area contributed by atoms with Crippen LogP contribution in [0.3, 0.4) is 0 Å². The first-order chi connectivity index (χ1) is 11.2. The van der Waals surface area contributed by atoms with Crippen LogP contribution < -0.4 is 14.2 Å². The number of benzene rings is 1. The van der Waals surface area contributed by atoms with Gasteiger partial charge in [0.15, 0.2) is 17.1 Å². The largest absolute Gasteiger partial charge is 0.496 e. The Morgan fingerprint density at radius 3 is 2.12 bits per heavy atom. The first kappa shape index (κ1) is 18.2. The smallest absolute Gasteiger partial charge is 0.419 e. The summed E-state index contributed by atoms with van der Waals surface area (Å²) in [6.45, 7) is -1.04. The third-order valence-corrected chi connectivity index (χ3v) is 4.00. The molecule has 0 unspecified atom stereocenters. The monoisotopic (exact) mass is 349 g/mol. The Labute approximate surface area is 136 Å². The average Bonchev–Trinajstić information content (AvgIpc) is 2.96. The number of aliphatic hydroxyl groups is 1. The number of hydrogen-bond acceptors (Lipinski definition) is 5. The number of rotatable bonds is 4. The number of alkyl halides is 3. The number of β-amino-alcohol motifs (C(OH)–C–C–N with tert-alkyl or cyclic N) is 1. The molecule has 1 aliphatic rings. The van der Waals surface area contributed by atoms with Crippen molar-refractivity contribution in [2.45, 2.75) is 18.2 Å². The summed E-state index contributed by atoms with van der Waals surface area (Å²) in [6, 6.07) is 2.75. The summed E-state index contributed by atoms with van der Waals surface area (Å²) >= 11 is 0. The van der Waals surface area contributed by atoms with Gasteiger partial charge in [-0.1, -0.05) is 0 Å². The second-order valence-corrected chi connectivity index (χ2v) is 5.41. The van der Waals surface area contributed by atoms with Gasteiger partial charge in [-0.15, -0.1) is 0 Å². The van der Waals surface area contributed by atoms with Crippen molar-refractivity contribution in [1.82, 2.24) is 4.90 Å². The summed E-state index contributed by atoms with van der Waals surface area (Å²) in [6.07, 6.45) is -5.37. The highest BCUT2D eigenvalue weighted by atomic mass is 19.4. The molecular formula is C15H18F3NO5. The molecule has 0 spiro atoms. The highest BCUT2D eigenvalue weighted by Gasteiger charge is 2.58. The van der Waals surface area contributed by atoms with E-state index in [0.29, 0.717) is 5.75 Å². The average molecular weight is 349 g/mol. The zero-order valence-electron chi connectivity index (χ0n) is 13.4. The third kappa shape index (κ3) is 3.08.